The highest BCUT2D eigenvalue weighted by Gasteiger charge is 2.07. The highest BCUT2D eigenvalue weighted by atomic mass is 16.3. The summed E-state index contributed by atoms with van der Waals surface area (Å²) < 4.78 is 2.04. The number of imidazole rings is 1. The van der Waals surface area contributed by atoms with Crippen molar-refractivity contribution in [2.75, 3.05) is 0 Å². The van der Waals surface area contributed by atoms with Gasteiger partial charge in [0.25, 0.3) is 0 Å². The summed E-state index contributed by atoms with van der Waals surface area (Å²) >= 11 is 0. The molecule has 0 unspecified atom stereocenters. The Kier molecular flexibility index (Phi) is 2.25. The number of benzene rings is 1. The van der Waals surface area contributed by atoms with Gasteiger partial charge in [0, 0.05) is 6.54 Å². The molecular formula is C11H14N2O. The molecule has 2 rings (SSSR count). The van der Waals surface area contributed by atoms with Crippen LogP contribution in [0.1, 0.15) is 18.3 Å². The monoisotopic (exact) mass is 190 g/mol. The number of aromatic nitrogens is 2. The third-order valence-corrected chi connectivity index (χ3v) is 2.44. The first-order chi connectivity index (χ1) is 6.76. The van der Waals surface area contributed by atoms with Crippen molar-refractivity contribution in [1.29, 1.82) is 0 Å². The largest absolute Gasteiger partial charge is 0.388 e. The summed E-state index contributed by atoms with van der Waals surface area (Å²) in [7, 11) is 0. The predicted octanol–water partition coefficient (Wildman–Crippen LogP) is 1.86. The van der Waals surface area contributed by atoms with E-state index in [0.717, 1.165) is 23.4 Å². The number of hydrogen-bond acceptors (Lipinski definition) is 2. The molecule has 1 N–H and O–H groups in total. The van der Waals surface area contributed by atoms with E-state index in [1.807, 2.05) is 16.7 Å². The van der Waals surface area contributed by atoms with Gasteiger partial charge in [0.05, 0.1) is 11.0 Å². The molecule has 0 aliphatic heterocycles. The Hall–Kier alpha value is -1.35. The van der Waals surface area contributed by atoms with E-state index < -0.39 is 0 Å². The number of fused-ring (bicyclic) bond motifs is 1. The van der Waals surface area contributed by atoms with Crippen LogP contribution in [0.3, 0.4) is 0 Å². The molecule has 2 aromatic rings. The van der Waals surface area contributed by atoms with Crippen LogP contribution in [0.4, 0.5) is 0 Å². The number of hydrogen-bond donors (Lipinski definition) is 1. The summed E-state index contributed by atoms with van der Waals surface area (Å²) in [6.45, 7) is 4.96. The Morgan fingerprint density at radius 1 is 1.43 bits per heavy atom. The van der Waals surface area contributed by atoms with Gasteiger partial charge in [0.2, 0.25) is 0 Å². The van der Waals surface area contributed by atoms with Gasteiger partial charge >= 0.3 is 0 Å². The molecule has 0 spiro atoms. The van der Waals surface area contributed by atoms with Gasteiger partial charge in [-0.3, -0.25) is 0 Å². The zero-order valence-electron chi connectivity index (χ0n) is 8.49. The molecule has 0 atom stereocenters. The van der Waals surface area contributed by atoms with Crippen LogP contribution in [0, 0.1) is 6.92 Å². The maximum absolute atomic E-state index is 9.14. The quantitative estimate of drug-likeness (QED) is 0.784. The fourth-order valence-corrected chi connectivity index (χ4v) is 1.76. The molecule has 1 heterocycles. The van der Waals surface area contributed by atoms with Crippen LogP contribution in [0.2, 0.25) is 0 Å². The summed E-state index contributed by atoms with van der Waals surface area (Å²) in [4.78, 5) is 4.36. The molecule has 3 heteroatoms. The number of rotatable bonds is 2. The molecule has 14 heavy (non-hydrogen) atoms. The van der Waals surface area contributed by atoms with Crippen LogP contribution in [-0.4, -0.2) is 14.7 Å². The van der Waals surface area contributed by atoms with Crippen molar-refractivity contribution in [2.45, 2.75) is 27.0 Å². The van der Waals surface area contributed by atoms with Gasteiger partial charge in [-0.25, -0.2) is 4.98 Å². The van der Waals surface area contributed by atoms with Crippen molar-refractivity contribution in [3.63, 3.8) is 0 Å². The third-order valence-electron chi connectivity index (χ3n) is 2.44. The normalized spacial score (nSPS) is 11.1. The molecule has 0 fully saturated rings. The zero-order chi connectivity index (χ0) is 10.1. The van der Waals surface area contributed by atoms with Crippen LogP contribution < -0.4 is 0 Å². The second-order valence-corrected chi connectivity index (χ2v) is 3.42. The average Bonchev–Trinajstić information content (AvgIpc) is 2.54. The van der Waals surface area contributed by atoms with Crippen LogP contribution in [0.25, 0.3) is 11.0 Å². The SMILES string of the molecule is CCn1c(CO)nc2ccc(C)cc21. The van der Waals surface area contributed by atoms with E-state index in [1.54, 1.807) is 0 Å². The maximum atomic E-state index is 9.14. The van der Waals surface area contributed by atoms with Gasteiger partial charge in [0.1, 0.15) is 12.4 Å². The number of aryl methyl sites for hydroxylation is 2. The average molecular weight is 190 g/mol. The molecule has 0 radical (unpaired) electrons. The van der Waals surface area contributed by atoms with Crippen molar-refractivity contribution in [3.05, 3.63) is 29.6 Å². The fraction of sp³-hybridized carbons (Fsp3) is 0.364. The summed E-state index contributed by atoms with van der Waals surface area (Å²) in [6.07, 6.45) is 0. The Morgan fingerprint density at radius 3 is 2.86 bits per heavy atom. The second-order valence-electron chi connectivity index (χ2n) is 3.42. The standard InChI is InChI=1S/C11H14N2O/c1-3-13-10-6-8(2)4-5-9(10)12-11(13)7-14/h4-6,14H,3,7H2,1-2H3. The minimum Gasteiger partial charge on any atom is -0.388 e. The van der Waals surface area contributed by atoms with Gasteiger partial charge in [-0.1, -0.05) is 6.07 Å². The van der Waals surface area contributed by atoms with Crippen LogP contribution in [0.15, 0.2) is 18.2 Å². The fourth-order valence-electron chi connectivity index (χ4n) is 1.76. The summed E-state index contributed by atoms with van der Waals surface area (Å²) in [6, 6.07) is 6.14. The zero-order valence-corrected chi connectivity index (χ0v) is 8.49. The Balaban J connectivity index is 2.74. The lowest BCUT2D eigenvalue weighted by Crippen LogP contribution is -2.00. The van der Waals surface area contributed by atoms with Crippen molar-refractivity contribution in [2.24, 2.45) is 0 Å². The van der Waals surface area contributed by atoms with Crippen LogP contribution in [0.5, 0.6) is 0 Å². The Morgan fingerprint density at radius 2 is 2.21 bits per heavy atom. The lowest BCUT2D eigenvalue weighted by atomic mass is 10.2. The van der Waals surface area contributed by atoms with Crippen LogP contribution in [-0.2, 0) is 13.2 Å². The number of nitrogens with zero attached hydrogens (tertiary/aromatic N) is 2. The summed E-state index contributed by atoms with van der Waals surface area (Å²) in [5.74, 6) is 0.744. The van der Waals surface area contributed by atoms with Crippen LogP contribution >= 0.6 is 0 Å². The highest BCUT2D eigenvalue weighted by Crippen LogP contribution is 2.17. The number of aliphatic hydroxyl groups excluding tert-OH is 1. The van der Waals surface area contributed by atoms with E-state index in [2.05, 4.69) is 24.9 Å². The molecule has 74 valence electrons. The van der Waals surface area contributed by atoms with E-state index in [-0.39, 0.29) is 6.61 Å². The first kappa shape index (κ1) is 9.21. The lowest BCUT2D eigenvalue weighted by molar-refractivity contribution is 0.266. The minimum absolute atomic E-state index is 0.00156. The van der Waals surface area contributed by atoms with Gasteiger partial charge in [-0.05, 0) is 31.5 Å². The van der Waals surface area contributed by atoms with E-state index in [0.29, 0.717) is 0 Å². The molecule has 0 aliphatic rings. The molecule has 0 saturated carbocycles. The van der Waals surface area contributed by atoms with Gasteiger partial charge in [-0.15, -0.1) is 0 Å². The van der Waals surface area contributed by atoms with Gasteiger partial charge < -0.3 is 9.67 Å². The molecule has 0 aliphatic carbocycles. The van der Waals surface area contributed by atoms with Gasteiger partial charge in [-0.2, -0.15) is 0 Å². The van der Waals surface area contributed by atoms with E-state index in [4.69, 9.17) is 5.11 Å². The molecule has 0 saturated heterocycles. The first-order valence-corrected chi connectivity index (χ1v) is 4.83. The first-order valence-electron chi connectivity index (χ1n) is 4.83. The Bertz CT molecular complexity index is 460. The van der Waals surface area contributed by atoms with E-state index in [9.17, 15) is 0 Å². The molecule has 1 aromatic carbocycles. The Labute approximate surface area is 83.0 Å². The van der Waals surface area contributed by atoms with E-state index in [1.165, 1.54) is 5.56 Å². The van der Waals surface area contributed by atoms with Crippen molar-refractivity contribution in [1.82, 2.24) is 9.55 Å². The molecule has 3 nitrogen and oxygen atoms in total. The topological polar surface area (TPSA) is 38.0 Å². The van der Waals surface area contributed by atoms with Crippen molar-refractivity contribution >= 4 is 11.0 Å². The predicted molar refractivity (Wildman–Crippen MR) is 56.1 cm³/mol. The highest BCUT2D eigenvalue weighted by molar-refractivity contribution is 5.76. The summed E-state index contributed by atoms with van der Waals surface area (Å²) in [5.41, 5.74) is 3.29. The van der Waals surface area contributed by atoms with E-state index >= 15 is 0 Å². The molecule has 1 aromatic heterocycles. The lowest BCUT2D eigenvalue weighted by Gasteiger charge is -2.03. The second kappa shape index (κ2) is 3.42. The van der Waals surface area contributed by atoms with Crippen molar-refractivity contribution < 1.29 is 5.11 Å². The third kappa shape index (κ3) is 1.30. The van der Waals surface area contributed by atoms with Gasteiger partial charge in [0.15, 0.2) is 0 Å². The maximum Gasteiger partial charge on any atom is 0.135 e. The smallest absolute Gasteiger partial charge is 0.135 e. The summed E-state index contributed by atoms with van der Waals surface area (Å²) in [5, 5.41) is 9.14. The minimum atomic E-state index is 0.00156. The molecule has 0 amide bonds. The molecule has 0 bridgehead atoms. The number of aliphatic hydroxyl groups is 1. The molecular weight excluding hydrogens is 176 g/mol. The van der Waals surface area contributed by atoms with Crippen molar-refractivity contribution in [3.8, 4) is 0 Å².